The molecule has 2 unspecified atom stereocenters. The first kappa shape index (κ1) is 14.9. The van der Waals surface area contributed by atoms with Gasteiger partial charge in [0.15, 0.2) is 0 Å². The fraction of sp³-hybridized carbons (Fsp3) is 0.500. The zero-order valence-corrected chi connectivity index (χ0v) is 11.5. The Balaban J connectivity index is 2.15. The van der Waals surface area contributed by atoms with Gasteiger partial charge in [-0.25, -0.2) is 13.1 Å². The van der Waals surface area contributed by atoms with Crippen LogP contribution in [-0.4, -0.2) is 31.1 Å². The lowest BCUT2D eigenvalue weighted by Crippen LogP contribution is -2.38. The normalized spacial score (nSPS) is 22.9. The van der Waals surface area contributed by atoms with Gasteiger partial charge in [-0.2, -0.15) is 0 Å². The predicted octanol–water partition coefficient (Wildman–Crippen LogP) is 1.03. The fourth-order valence-electron chi connectivity index (χ4n) is 2.42. The van der Waals surface area contributed by atoms with Crippen LogP contribution >= 0.6 is 0 Å². The number of benzene rings is 1. The average molecular weight is 300 g/mol. The van der Waals surface area contributed by atoms with Crippen molar-refractivity contribution in [2.45, 2.75) is 30.2 Å². The van der Waals surface area contributed by atoms with Gasteiger partial charge in [-0.05, 0) is 30.9 Å². The standard InChI is InChI=1S/C12H16N2O5S/c15-8-9-2-1-3-12(9)13-20(18,19)11-6-4-10(5-7-11)14(16)17/h4-7,9,12-13,15H,1-3,8H2. The Morgan fingerprint density at radius 2 is 1.95 bits per heavy atom. The minimum Gasteiger partial charge on any atom is -0.396 e. The van der Waals surface area contributed by atoms with Gasteiger partial charge in [0.25, 0.3) is 5.69 Å². The van der Waals surface area contributed by atoms with Crippen molar-refractivity contribution < 1.29 is 18.4 Å². The molecule has 1 fully saturated rings. The van der Waals surface area contributed by atoms with E-state index in [1.165, 1.54) is 12.1 Å². The Morgan fingerprint density at radius 1 is 1.30 bits per heavy atom. The number of nitrogens with zero attached hydrogens (tertiary/aromatic N) is 1. The van der Waals surface area contributed by atoms with Crippen molar-refractivity contribution in [2.75, 3.05) is 6.61 Å². The Kier molecular flexibility index (Phi) is 4.36. The molecule has 0 spiro atoms. The maximum Gasteiger partial charge on any atom is 0.269 e. The highest BCUT2D eigenvalue weighted by molar-refractivity contribution is 7.89. The molecular formula is C12H16N2O5S. The molecule has 7 nitrogen and oxygen atoms in total. The van der Waals surface area contributed by atoms with Gasteiger partial charge in [-0.1, -0.05) is 6.42 Å². The summed E-state index contributed by atoms with van der Waals surface area (Å²) in [6.45, 7) is -0.0482. The maximum atomic E-state index is 12.2. The van der Waals surface area contributed by atoms with E-state index in [0.29, 0.717) is 6.42 Å². The van der Waals surface area contributed by atoms with Crippen LogP contribution in [0.15, 0.2) is 29.2 Å². The number of hydrogen-bond donors (Lipinski definition) is 2. The second-order valence-electron chi connectivity index (χ2n) is 4.85. The van der Waals surface area contributed by atoms with E-state index < -0.39 is 14.9 Å². The summed E-state index contributed by atoms with van der Waals surface area (Å²) in [5, 5.41) is 19.7. The SMILES string of the molecule is O=[N+]([O-])c1ccc(S(=O)(=O)NC2CCCC2CO)cc1. The zero-order chi connectivity index (χ0) is 14.8. The summed E-state index contributed by atoms with van der Waals surface area (Å²) < 4.78 is 26.9. The summed E-state index contributed by atoms with van der Waals surface area (Å²) in [7, 11) is -3.71. The van der Waals surface area contributed by atoms with Crippen molar-refractivity contribution in [3.63, 3.8) is 0 Å². The van der Waals surface area contributed by atoms with E-state index in [1.54, 1.807) is 0 Å². The summed E-state index contributed by atoms with van der Waals surface area (Å²) in [6.07, 6.45) is 2.36. The van der Waals surface area contributed by atoms with Gasteiger partial charge in [0.2, 0.25) is 10.0 Å². The van der Waals surface area contributed by atoms with Gasteiger partial charge < -0.3 is 5.11 Å². The number of sulfonamides is 1. The second-order valence-corrected chi connectivity index (χ2v) is 6.57. The largest absolute Gasteiger partial charge is 0.396 e. The van der Waals surface area contributed by atoms with E-state index in [9.17, 15) is 23.6 Å². The number of nitro groups is 1. The van der Waals surface area contributed by atoms with Crippen molar-refractivity contribution in [2.24, 2.45) is 5.92 Å². The summed E-state index contributed by atoms with van der Waals surface area (Å²) in [5.74, 6) is -0.0668. The predicted molar refractivity (Wildman–Crippen MR) is 71.6 cm³/mol. The van der Waals surface area contributed by atoms with Crippen LogP contribution in [-0.2, 0) is 10.0 Å². The number of aliphatic hydroxyl groups excluding tert-OH is 1. The van der Waals surface area contributed by atoms with Gasteiger partial charge in [0.05, 0.1) is 9.82 Å². The van der Waals surface area contributed by atoms with Crippen molar-refractivity contribution >= 4 is 15.7 Å². The van der Waals surface area contributed by atoms with Crippen molar-refractivity contribution in [3.05, 3.63) is 34.4 Å². The number of non-ortho nitro benzene ring substituents is 1. The molecular weight excluding hydrogens is 284 g/mol. The number of nitrogens with one attached hydrogen (secondary N) is 1. The number of hydrogen-bond acceptors (Lipinski definition) is 5. The highest BCUT2D eigenvalue weighted by Gasteiger charge is 2.30. The fourth-order valence-corrected chi connectivity index (χ4v) is 3.76. The topological polar surface area (TPSA) is 110 Å². The first-order chi connectivity index (χ1) is 9.44. The molecule has 1 aromatic rings. The van der Waals surface area contributed by atoms with Crippen LogP contribution < -0.4 is 4.72 Å². The van der Waals surface area contributed by atoms with E-state index in [2.05, 4.69) is 4.72 Å². The monoisotopic (exact) mass is 300 g/mol. The lowest BCUT2D eigenvalue weighted by molar-refractivity contribution is -0.384. The maximum absolute atomic E-state index is 12.2. The number of aliphatic hydroxyl groups is 1. The minimum absolute atomic E-state index is 0.00769. The van der Waals surface area contributed by atoms with Crippen molar-refractivity contribution in [3.8, 4) is 0 Å². The van der Waals surface area contributed by atoms with Gasteiger partial charge in [-0.15, -0.1) is 0 Å². The highest BCUT2D eigenvalue weighted by atomic mass is 32.2. The Morgan fingerprint density at radius 3 is 2.50 bits per heavy atom. The molecule has 1 aliphatic rings. The van der Waals surface area contributed by atoms with Gasteiger partial charge in [0.1, 0.15) is 0 Å². The molecule has 0 saturated heterocycles. The minimum atomic E-state index is -3.71. The van der Waals surface area contributed by atoms with Crippen molar-refractivity contribution in [1.82, 2.24) is 4.72 Å². The van der Waals surface area contributed by atoms with Gasteiger partial charge in [0, 0.05) is 24.8 Å². The molecule has 1 saturated carbocycles. The molecule has 8 heteroatoms. The molecule has 0 heterocycles. The third kappa shape index (κ3) is 3.14. The second kappa shape index (κ2) is 5.86. The number of rotatable bonds is 5. The lowest BCUT2D eigenvalue weighted by Gasteiger charge is -2.18. The molecule has 1 aromatic carbocycles. The van der Waals surface area contributed by atoms with E-state index in [-0.39, 0.29) is 29.1 Å². The van der Waals surface area contributed by atoms with Gasteiger partial charge in [-0.3, -0.25) is 10.1 Å². The van der Waals surface area contributed by atoms with Crippen LogP contribution in [0.4, 0.5) is 5.69 Å². The molecule has 2 N–H and O–H groups in total. The molecule has 20 heavy (non-hydrogen) atoms. The number of nitro benzene ring substituents is 1. The third-order valence-electron chi connectivity index (χ3n) is 3.56. The third-order valence-corrected chi connectivity index (χ3v) is 5.06. The molecule has 0 radical (unpaired) electrons. The molecule has 0 aromatic heterocycles. The molecule has 0 aliphatic heterocycles. The van der Waals surface area contributed by atoms with Crippen LogP contribution in [0.1, 0.15) is 19.3 Å². The van der Waals surface area contributed by atoms with E-state index in [1.807, 2.05) is 0 Å². The average Bonchev–Trinajstić information content (AvgIpc) is 2.85. The van der Waals surface area contributed by atoms with Gasteiger partial charge >= 0.3 is 0 Å². The Hall–Kier alpha value is -1.51. The summed E-state index contributed by atoms with van der Waals surface area (Å²) in [6, 6.07) is 4.46. The molecule has 2 rings (SSSR count). The van der Waals surface area contributed by atoms with Crippen LogP contribution in [0.2, 0.25) is 0 Å². The summed E-state index contributed by atoms with van der Waals surface area (Å²) in [5.41, 5.74) is -0.155. The summed E-state index contributed by atoms with van der Waals surface area (Å²) in [4.78, 5) is 9.95. The van der Waals surface area contributed by atoms with Crippen LogP contribution in [0.25, 0.3) is 0 Å². The quantitative estimate of drug-likeness (QED) is 0.623. The highest BCUT2D eigenvalue weighted by Crippen LogP contribution is 2.27. The smallest absolute Gasteiger partial charge is 0.269 e. The van der Waals surface area contributed by atoms with E-state index in [0.717, 1.165) is 25.0 Å². The first-order valence-electron chi connectivity index (χ1n) is 6.31. The Labute approximate surface area is 116 Å². The molecule has 2 atom stereocenters. The molecule has 0 bridgehead atoms. The van der Waals surface area contributed by atoms with Crippen LogP contribution in [0, 0.1) is 16.0 Å². The summed E-state index contributed by atoms with van der Waals surface area (Å²) >= 11 is 0. The molecule has 0 amide bonds. The Bertz CT molecular complexity index is 584. The molecule has 1 aliphatic carbocycles. The lowest BCUT2D eigenvalue weighted by atomic mass is 10.1. The van der Waals surface area contributed by atoms with Crippen LogP contribution in [0.5, 0.6) is 0 Å². The van der Waals surface area contributed by atoms with E-state index >= 15 is 0 Å². The zero-order valence-electron chi connectivity index (χ0n) is 10.7. The molecule has 110 valence electrons. The van der Waals surface area contributed by atoms with E-state index in [4.69, 9.17) is 0 Å². The van der Waals surface area contributed by atoms with Crippen LogP contribution in [0.3, 0.4) is 0 Å². The van der Waals surface area contributed by atoms with Crippen molar-refractivity contribution in [1.29, 1.82) is 0 Å². The first-order valence-corrected chi connectivity index (χ1v) is 7.80.